The molecule has 0 spiro atoms. The first-order chi connectivity index (χ1) is 8.35. The molecule has 1 aromatic heterocycles. The lowest BCUT2D eigenvalue weighted by Crippen LogP contribution is -2.16. The molecule has 0 amide bonds. The van der Waals surface area contributed by atoms with Crippen molar-refractivity contribution in [3.8, 4) is 0 Å². The Bertz CT molecular complexity index is 468. The van der Waals surface area contributed by atoms with E-state index in [1.54, 1.807) is 0 Å². The van der Waals surface area contributed by atoms with E-state index in [1.807, 2.05) is 36.5 Å². The van der Waals surface area contributed by atoms with Crippen LogP contribution in [0, 0.1) is 0 Å². The number of anilines is 2. The van der Waals surface area contributed by atoms with Gasteiger partial charge in [0.25, 0.3) is 0 Å². The lowest BCUT2D eigenvalue weighted by atomic mass is 10.2. The van der Waals surface area contributed by atoms with Crippen molar-refractivity contribution in [3.63, 3.8) is 0 Å². The third-order valence-corrected chi connectivity index (χ3v) is 2.71. The summed E-state index contributed by atoms with van der Waals surface area (Å²) in [5.41, 5.74) is 8.85. The highest BCUT2D eigenvalue weighted by Crippen LogP contribution is 2.24. The molecule has 3 nitrogen and oxygen atoms in total. The van der Waals surface area contributed by atoms with Gasteiger partial charge in [0.2, 0.25) is 0 Å². The number of rotatable bonds is 4. The summed E-state index contributed by atoms with van der Waals surface area (Å²) < 4.78 is 0. The molecule has 1 aromatic carbocycles. The van der Waals surface area contributed by atoms with Crippen molar-refractivity contribution in [2.45, 2.75) is 13.5 Å². The second-order valence-corrected chi connectivity index (χ2v) is 3.79. The minimum absolute atomic E-state index is 0.472. The maximum atomic E-state index is 5.62. The van der Waals surface area contributed by atoms with Crippen molar-refractivity contribution in [2.75, 3.05) is 11.4 Å². The molecule has 17 heavy (non-hydrogen) atoms. The van der Waals surface area contributed by atoms with E-state index in [4.69, 9.17) is 5.73 Å². The van der Waals surface area contributed by atoms with E-state index in [0.29, 0.717) is 6.54 Å². The normalized spacial score (nSPS) is 10.2. The highest BCUT2D eigenvalue weighted by Gasteiger charge is 2.06. The molecule has 2 rings (SSSR count). The van der Waals surface area contributed by atoms with Crippen LogP contribution in [0.4, 0.5) is 11.4 Å². The Morgan fingerprint density at radius 1 is 1.12 bits per heavy atom. The quantitative estimate of drug-likeness (QED) is 0.873. The van der Waals surface area contributed by atoms with Crippen LogP contribution >= 0.6 is 0 Å². The summed E-state index contributed by atoms with van der Waals surface area (Å²) in [6, 6.07) is 14.4. The number of nitrogens with two attached hydrogens (primary N) is 1. The molecule has 88 valence electrons. The van der Waals surface area contributed by atoms with Crippen LogP contribution in [-0.2, 0) is 6.54 Å². The maximum absolute atomic E-state index is 5.62. The van der Waals surface area contributed by atoms with Gasteiger partial charge in [-0.25, -0.2) is 0 Å². The largest absolute Gasteiger partial charge is 0.342 e. The molecule has 0 saturated carbocycles. The van der Waals surface area contributed by atoms with E-state index in [-0.39, 0.29) is 0 Å². The molecule has 1 heterocycles. The number of hydrogen-bond acceptors (Lipinski definition) is 3. The lowest BCUT2D eigenvalue weighted by Gasteiger charge is -2.23. The van der Waals surface area contributed by atoms with Gasteiger partial charge >= 0.3 is 0 Å². The zero-order valence-electron chi connectivity index (χ0n) is 10.0. The SMILES string of the molecule is CCN(c1ccccc1)c1ccnc(CN)c1. The van der Waals surface area contributed by atoms with Crippen LogP contribution in [0.3, 0.4) is 0 Å². The maximum Gasteiger partial charge on any atom is 0.0560 e. The van der Waals surface area contributed by atoms with Gasteiger partial charge in [-0.15, -0.1) is 0 Å². The van der Waals surface area contributed by atoms with Gasteiger partial charge in [-0.2, -0.15) is 0 Å². The van der Waals surface area contributed by atoms with Crippen molar-refractivity contribution >= 4 is 11.4 Å². The molecule has 0 saturated heterocycles. The van der Waals surface area contributed by atoms with E-state index in [0.717, 1.165) is 17.9 Å². The molecule has 0 radical (unpaired) electrons. The fraction of sp³-hybridized carbons (Fsp3) is 0.214. The summed E-state index contributed by atoms with van der Waals surface area (Å²) in [5.74, 6) is 0. The Hall–Kier alpha value is -1.87. The summed E-state index contributed by atoms with van der Waals surface area (Å²) in [6.07, 6.45) is 1.81. The number of pyridine rings is 1. The Morgan fingerprint density at radius 3 is 2.53 bits per heavy atom. The van der Waals surface area contributed by atoms with Gasteiger partial charge in [-0.1, -0.05) is 18.2 Å². The Kier molecular flexibility index (Phi) is 3.73. The molecule has 2 aromatic rings. The van der Waals surface area contributed by atoms with Gasteiger partial charge in [-0.3, -0.25) is 4.98 Å². The molecule has 0 atom stereocenters. The number of aromatic nitrogens is 1. The van der Waals surface area contributed by atoms with Crippen LogP contribution in [0.2, 0.25) is 0 Å². The zero-order valence-corrected chi connectivity index (χ0v) is 10.0. The predicted octanol–water partition coefficient (Wildman–Crippen LogP) is 2.70. The monoisotopic (exact) mass is 227 g/mol. The minimum atomic E-state index is 0.472. The third kappa shape index (κ3) is 2.63. The van der Waals surface area contributed by atoms with Crippen molar-refractivity contribution in [1.82, 2.24) is 4.98 Å². The van der Waals surface area contributed by atoms with E-state index in [9.17, 15) is 0 Å². The second kappa shape index (κ2) is 5.46. The van der Waals surface area contributed by atoms with Crippen LogP contribution in [-0.4, -0.2) is 11.5 Å². The number of hydrogen-bond donors (Lipinski definition) is 1. The van der Waals surface area contributed by atoms with E-state index < -0.39 is 0 Å². The van der Waals surface area contributed by atoms with Gasteiger partial charge in [-0.05, 0) is 31.2 Å². The highest BCUT2D eigenvalue weighted by molar-refractivity contribution is 5.62. The van der Waals surface area contributed by atoms with Gasteiger partial charge < -0.3 is 10.6 Å². The van der Waals surface area contributed by atoms with Gasteiger partial charge in [0, 0.05) is 30.7 Å². The molecular weight excluding hydrogens is 210 g/mol. The summed E-state index contributed by atoms with van der Waals surface area (Å²) in [5, 5.41) is 0. The molecule has 0 aliphatic heterocycles. The number of benzene rings is 1. The Labute approximate surface area is 102 Å². The molecule has 0 bridgehead atoms. The van der Waals surface area contributed by atoms with Crippen molar-refractivity contribution in [2.24, 2.45) is 5.73 Å². The van der Waals surface area contributed by atoms with Gasteiger partial charge in [0.1, 0.15) is 0 Å². The van der Waals surface area contributed by atoms with Crippen LogP contribution < -0.4 is 10.6 Å². The Morgan fingerprint density at radius 2 is 1.88 bits per heavy atom. The van der Waals surface area contributed by atoms with Crippen LogP contribution in [0.1, 0.15) is 12.6 Å². The van der Waals surface area contributed by atoms with Crippen molar-refractivity contribution in [3.05, 3.63) is 54.4 Å². The summed E-state index contributed by atoms with van der Waals surface area (Å²) in [7, 11) is 0. The summed E-state index contributed by atoms with van der Waals surface area (Å²) in [4.78, 5) is 6.45. The molecule has 0 aliphatic carbocycles. The molecule has 0 aliphatic rings. The van der Waals surface area contributed by atoms with Crippen LogP contribution in [0.25, 0.3) is 0 Å². The molecule has 0 fully saturated rings. The van der Waals surface area contributed by atoms with Crippen LogP contribution in [0.5, 0.6) is 0 Å². The van der Waals surface area contributed by atoms with Crippen molar-refractivity contribution < 1.29 is 0 Å². The molecule has 2 N–H and O–H groups in total. The zero-order chi connectivity index (χ0) is 12.1. The number of para-hydroxylation sites is 1. The second-order valence-electron chi connectivity index (χ2n) is 3.79. The third-order valence-electron chi connectivity index (χ3n) is 2.71. The van der Waals surface area contributed by atoms with Gasteiger partial charge in [0.15, 0.2) is 0 Å². The fourth-order valence-electron chi connectivity index (χ4n) is 1.87. The first kappa shape index (κ1) is 11.6. The van der Waals surface area contributed by atoms with Crippen LogP contribution in [0.15, 0.2) is 48.7 Å². The first-order valence-electron chi connectivity index (χ1n) is 5.82. The topological polar surface area (TPSA) is 42.2 Å². The summed E-state index contributed by atoms with van der Waals surface area (Å²) >= 11 is 0. The fourth-order valence-corrected chi connectivity index (χ4v) is 1.87. The molecule has 0 unspecified atom stereocenters. The lowest BCUT2D eigenvalue weighted by molar-refractivity contribution is 0.968. The number of nitrogens with zero attached hydrogens (tertiary/aromatic N) is 2. The molecule has 3 heteroatoms. The van der Waals surface area contributed by atoms with E-state index in [1.165, 1.54) is 5.69 Å². The summed E-state index contributed by atoms with van der Waals surface area (Å²) in [6.45, 7) is 3.52. The minimum Gasteiger partial charge on any atom is -0.342 e. The predicted molar refractivity (Wildman–Crippen MR) is 71.3 cm³/mol. The average molecular weight is 227 g/mol. The average Bonchev–Trinajstić information content (AvgIpc) is 2.41. The Balaban J connectivity index is 2.35. The van der Waals surface area contributed by atoms with E-state index in [2.05, 4.69) is 28.9 Å². The highest BCUT2D eigenvalue weighted by atomic mass is 15.1. The standard InChI is InChI=1S/C14H17N3/c1-2-17(13-6-4-3-5-7-13)14-8-9-16-12(10-14)11-15/h3-10H,2,11,15H2,1H3. The smallest absolute Gasteiger partial charge is 0.0560 e. The van der Waals surface area contributed by atoms with Gasteiger partial charge in [0.05, 0.1) is 5.69 Å². The first-order valence-corrected chi connectivity index (χ1v) is 5.82. The molecular formula is C14H17N3. The van der Waals surface area contributed by atoms with E-state index >= 15 is 0 Å². The van der Waals surface area contributed by atoms with Crippen molar-refractivity contribution in [1.29, 1.82) is 0 Å².